The van der Waals surface area contributed by atoms with Crippen LogP contribution < -0.4 is 5.56 Å². The molecule has 2 heterocycles. The summed E-state index contributed by atoms with van der Waals surface area (Å²) in [6.07, 6.45) is 0.745. The molecule has 3 rings (SSSR count). The largest absolute Gasteiger partial charge is 0.392 e. The summed E-state index contributed by atoms with van der Waals surface area (Å²) in [6.45, 7) is 8.17. The fraction of sp³-hybridized carbons (Fsp3) is 0.556. The van der Waals surface area contributed by atoms with Crippen LogP contribution in [-0.2, 0) is 6.54 Å². The van der Waals surface area contributed by atoms with Crippen LogP contribution in [0.15, 0.2) is 29.1 Å². The minimum atomic E-state index is -0.302. The molecule has 1 aliphatic heterocycles. The number of aromatic nitrogens is 2. The van der Waals surface area contributed by atoms with Crippen LogP contribution in [-0.4, -0.2) is 63.2 Å². The van der Waals surface area contributed by atoms with Gasteiger partial charge in [-0.2, -0.15) is 0 Å². The number of nitrogens with one attached hydrogen (secondary N) is 1. The topological polar surface area (TPSA) is 72.5 Å². The van der Waals surface area contributed by atoms with Gasteiger partial charge in [0, 0.05) is 32.2 Å². The molecule has 6 nitrogen and oxygen atoms in total. The lowest BCUT2D eigenvalue weighted by atomic mass is 10.1. The highest BCUT2D eigenvalue weighted by Gasteiger charge is 2.26. The molecule has 0 bridgehead atoms. The maximum absolute atomic E-state index is 12.2. The highest BCUT2D eigenvalue weighted by molar-refractivity contribution is 5.77. The predicted octanol–water partition coefficient (Wildman–Crippen LogP) is 1.20. The minimum Gasteiger partial charge on any atom is -0.392 e. The van der Waals surface area contributed by atoms with Crippen molar-refractivity contribution in [2.24, 2.45) is 0 Å². The lowest BCUT2D eigenvalue weighted by molar-refractivity contribution is 0.0329. The molecule has 24 heavy (non-hydrogen) atoms. The highest BCUT2D eigenvalue weighted by atomic mass is 16.3. The molecule has 0 saturated carbocycles. The number of aliphatic hydroxyl groups excluding tert-OH is 1. The number of β-amino-alcohol motifs (C(OH)–C–C–N with tert-alkyl or cyclic N) is 1. The Bertz CT molecular complexity index is 743. The molecule has 1 aromatic heterocycles. The quantitative estimate of drug-likeness (QED) is 0.862. The van der Waals surface area contributed by atoms with E-state index >= 15 is 0 Å². The molecule has 0 unspecified atom stereocenters. The summed E-state index contributed by atoms with van der Waals surface area (Å²) >= 11 is 0. The summed E-state index contributed by atoms with van der Waals surface area (Å²) in [5.74, 6) is 0.720. The number of hydrogen-bond acceptors (Lipinski definition) is 5. The molecule has 2 aromatic rings. The average molecular weight is 330 g/mol. The third-order valence-corrected chi connectivity index (χ3v) is 4.69. The molecule has 0 radical (unpaired) electrons. The van der Waals surface area contributed by atoms with Gasteiger partial charge in [0.1, 0.15) is 5.82 Å². The van der Waals surface area contributed by atoms with Gasteiger partial charge in [0.15, 0.2) is 0 Å². The fourth-order valence-corrected chi connectivity index (χ4v) is 3.49. The van der Waals surface area contributed by atoms with Gasteiger partial charge in [-0.1, -0.05) is 19.1 Å². The van der Waals surface area contributed by atoms with Crippen molar-refractivity contribution in [3.05, 3.63) is 40.4 Å². The number of para-hydroxylation sites is 1. The maximum Gasteiger partial charge on any atom is 0.258 e. The number of fused-ring (bicyclic) bond motifs is 1. The van der Waals surface area contributed by atoms with E-state index in [1.165, 1.54) is 0 Å². The van der Waals surface area contributed by atoms with E-state index < -0.39 is 0 Å². The Morgan fingerprint density at radius 2 is 2.17 bits per heavy atom. The van der Waals surface area contributed by atoms with Crippen LogP contribution in [0.2, 0.25) is 0 Å². The summed E-state index contributed by atoms with van der Waals surface area (Å²) in [5, 5.41) is 10.3. The highest BCUT2D eigenvalue weighted by Crippen LogP contribution is 2.15. The Kier molecular flexibility index (Phi) is 5.28. The fourth-order valence-electron chi connectivity index (χ4n) is 3.49. The van der Waals surface area contributed by atoms with E-state index in [0.717, 1.165) is 43.9 Å². The van der Waals surface area contributed by atoms with Gasteiger partial charge in [0.05, 0.1) is 23.6 Å². The van der Waals surface area contributed by atoms with Gasteiger partial charge in [0.2, 0.25) is 0 Å². The van der Waals surface area contributed by atoms with Crippen LogP contribution in [0.4, 0.5) is 0 Å². The zero-order valence-electron chi connectivity index (χ0n) is 14.4. The molecule has 2 atom stereocenters. The first-order valence-corrected chi connectivity index (χ1v) is 8.69. The smallest absolute Gasteiger partial charge is 0.258 e. The standard InChI is InChI=1S/C18H26N4O2/c1-3-14-11-21(8-9-22(14)10-13(2)23)12-17-19-16-7-5-4-6-15(16)18(24)20-17/h4-7,13-14,23H,3,8-12H2,1-2H3,(H,19,20,24)/t13-,14-/m1/s1. The van der Waals surface area contributed by atoms with Crippen molar-refractivity contribution in [2.75, 3.05) is 26.2 Å². The molecule has 0 amide bonds. The molecule has 0 aliphatic carbocycles. The first kappa shape index (κ1) is 17.1. The van der Waals surface area contributed by atoms with Crippen molar-refractivity contribution >= 4 is 10.9 Å². The first-order valence-electron chi connectivity index (χ1n) is 8.69. The van der Waals surface area contributed by atoms with Gasteiger partial charge in [0.25, 0.3) is 5.56 Å². The van der Waals surface area contributed by atoms with E-state index in [2.05, 4.69) is 26.7 Å². The maximum atomic E-state index is 12.2. The van der Waals surface area contributed by atoms with Gasteiger partial charge in [-0.15, -0.1) is 0 Å². The van der Waals surface area contributed by atoms with Crippen LogP contribution in [0.5, 0.6) is 0 Å². The van der Waals surface area contributed by atoms with Crippen LogP contribution in [0.3, 0.4) is 0 Å². The Morgan fingerprint density at radius 3 is 2.92 bits per heavy atom. The SMILES string of the molecule is CC[C@@H]1CN(Cc2nc3ccccc3c(=O)[nH]2)CCN1C[C@@H](C)O. The number of piperazine rings is 1. The molecule has 1 aromatic carbocycles. The molecule has 130 valence electrons. The number of H-pyrrole nitrogens is 1. The number of hydrogen-bond donors (Lipinski definition) is 2. The Morgan fingerprint density at radius 1 is 1.38 bits per heavy atom. The number of aromatic amines is 1. The zero-order chi connectivity index (χ0) is 17.1. The van der Waals surface area contributed by atoms with Gasteiger partial charge in [-0.05, 0) is 25.5 Å². The number of rotatable bonds is 5. The van der Waals surface area contributed by atoms with Crippen LogP contribution in [0.1, 0.15) is 26.1 Å². The molecule has 6 heteroatoms. The number of aliphatic hydroxyl groups is 1. The summed E-state index contributed by atoms with van der Waals surface area (Å²) in [5.41, 5.74) is 0.673. The van der Waals surface area contributed by atoms with E-state index in [1.807, 2.05) is 25.1 Å². The first-order chi connectivity index (χ1) is 11.6. The molecule has 0 spiro atoms. The average Bonchev–Trinajstić information content (AvgIpc) is 2.56. The molecular formula is C18H26N4O2. The summed E-state index contributed by atoms with van der Waals surface area (Å²) in [6, 6.07) is 7.86. The third kappa shape index (κ3) is 3.83. The second-order valence-corrected chi connectivity index (χ2v) is 6.67. The van der Waals surface area contributed by atoms with Crippen molar-refractivity contribution in [3.63, 3.8) is 0 Å². The van der Waals surface area contributed by atoms with Crippen LogP contribution in [0.25, 0.3) is 10.9 Å². The van der Waals surface area contributed by atoms with Crippen molar-refractivity contribution < 1.29 is 5.11 Å². The lowest BCUT2D eigenvalue weighted by Gasteiger charge is -2.41. The van der Waals surface area contributed by atoms with Crippen molar-refractivity contribution in [1.82, 2.24) is 19.8 Å². The van der Waals surface area contributed by atoms with E-state index in [0.29, 0.717) is 18.0 Å². The summed E-state index contributed by atoms with van der Waals surface area (Å²) < 4.78 is 0. The van der Waals surface area contributed by atoms with Gasteiger partial charge in [-0.3, -0.25) is 14.6 Å². The van der Waals surface area contributed by atoms with Gasteiger partial charge in [-0.25, -0.2) is 4.98 Å². The summed E-state index contributed by atoms with van der Waals surface area (Å²) in [7, 11) is 0. The Hall–Kier alpha value is -1.76. The Labute approximate surface area is 142 Å². The normalized spacial score (nSPS) is 21.2. The van der Waals surface area contributed by atoms with Crippen molar-refractivity contribution in [1.29, 1.82) is 0 Å². The Balaban J connectivity index is 1.72. The van der Waals surface area contributed by atoms with Crippen LogP contribution in [0, 0.1) is 0 Å². The number of nitrogens with zero attached hydrogens (tertiary/aromatic N) is 3. The lowest BCUT2D eigenvalue weighted by Crippen LogP contribution is -2.54. The zero-order valence-corrected chi connectivity index (χ0v) is 14.4. The molecule has 1 aliphatic rings. The van der Waals surface area contributed by atoms with Gasteiger partial charge >= 0.3 is 0 Å². The molecule has 1 fully saturated rings. The van der Waals surface area contributed by atoms with E-state index in [-0.39, 0.29) is 11.7 Å². The van der Waals surface area contributed by atoms with E-state index in [1.54, 1.807) is 6.07 Å². The summed E-state index contributed by atoms with van der Waals surface area (Å²) in [4.78, 5) is 24.4. The minimum absolute atomic E-state index is 0.0737. The predicted molar refractivity (Wildman–Crippen MR) is 95.0 cm³/mol. The molecule has 2 N–H and O–H groups in total. The molecule has 1 saturated heterocycles. The number of benzene rings is 1. The van der Waals surface area contributed by atoms with Gasteiger partial charge < -0.3 is 10.1 Å². The molecular weight excluding hydrogens is 304 g/mol. The van der Waals surface area contributed by atoms with E-state index in [9.17, 15) is 9.90 Å². The second kappa shape index (κ2) is 7.42. The van der Waals surface area contributed by atoms with Crippen molar-refractivity contribution in [3.8, 4) is 0 Å². The van der Waals surface area contributed by atoms with Crippen molar-refractivity contribution in [2.45, 2.75) is 39.0 Å². The van der Waals surface area contributed by atoms with E-state index in [4.69, 9.17) is 0 Å². The monoisotopic (exact) mass is 330 g/mol. The second-order valence-electron chi connectivity index (χ2n) is 6.67. The van der Waals surface area contributed by atoms with Crippen LogP contribution >= 0.6 is 0 Å². The third-order valence-electron chi connectivity index (χ3n) is 4.69.